The normalized spacial score (nSPS) is 10.8. The number of hydrogen-bond donors (Lipinski definition) is 1. The standard InChI is InChI=1S/C21H18ClN3O3/c1-2-28-21(27)18-14-23-25(17-9-4-3-5-10-17)20(18)24-19(26)12-11-15-7-6-8-16(22)13-15/h3-14H,2H2,1H3,(H,24,26)/b12-11+. The molecule has 0 spiro atoms. The fourth-order valence-electron chi connectivity index (χ4n) is 2.53. The maximum atomic E-state index is 12.5. The van der Waals surface area contributed by atoms with Crippen molar-refractivity contribution in [2.75, 3.05) is 11.9 Å². The second-order valence-electron chi connectivity index (χ2n) is 5.75. The van der Waals surface area contributed by atoms with Crippen LogP contribution in [0.25, 0.3) is 11.8 Å². The van der Waals surface area contributed by atoms with Crippen LogP contribution in [0.1, 0.15) is 22.8 Å². The highest BCUT2D eigenvalue weighted by molar-refractivity contribution is 6.30. The van der Waals surface area contributed by atoms with Crippen LogP contribution in [-0.4, -0.2) is 28.3 Å². The van der Waals surface area contributed by atoms with Gasteiger partial charge in [-0.05, 0) is 42.8 Å². The Labute approximate surface area is 167 Å². The van der Waals surface area contributed by atoms with Gasteiger partial charge in [0, 0.05) is 11.1 Å². The monoisotopic (exact) mass is 395 g/mol. The molecular weight excluding hydrogens is 378 g/mol. The minimum atomic E-state index is -0.557. The second kappa shape index (κ2) is 9.01. The van der Waals surface area contributed by atoms with Gasteiger partial charge in [0.1, 0.15) is 5.56 Å². The van der Waals surface area contributed by atoms with Crippen molar-refractivity contribution < 1.29 is 14.3 Å². The summed E-state index contributed by atoms with van der Waals surface area (Å²) in [7, 11) is 0. The predicted molar refractivity (Wildman–Crippen MR) is 109 cm³/mol. The summed E-state index contributed by atoms with van der Waals surface area (Å²) in [5.41, 5.74) is 1.66. The molecule has 1 heterocycles. The first kappa shape index (κ1) is 19.4. The van der Waals surface area contributed by atoms with E-state index in [9.17, 15) is 9.59 Å². The van der Waals surface area contributed by atoms with Crippen molar-refractivity contribution in [3.05, 3.63) is 83.0 Å². The van der Waals surface area contributed by atoms with Gasteiger partial charge < -0.3 is 10.1 Å². The van der Waals surface area contributed by atoms with Crippen LogP contribution >= 0.6 is 11.6 Å². The first-order valence-electron chi connectivity index (χ1n) is 8.63. The van der Waals surface area contributed by atoms with Crippen LogP contribution in [0.4, 0.5) is 5.82 Å². The molecule has 0 aliphatic heterocycles. The molecule has 3 rings (SSSR count). The number of nitrogens with zero attached hydrogens (tertiary/aromatic N) is 2. The van der Waals surface area contributed by atoms with Gasteiger partial charge in [0.15, 0.2) is 5.82 Å². The summed E-state index contributed by atoms with van der Waals surface area (Å²) in [5, 5.41) is 7.53. The van der Waals surface area contributed by atoms with Crippen molar-refractivity contribution in [2.45, 2.75) is 6.92 Å². The molecule has 0 saturated carbocycles. The Bertz CT molecular complexity index is 1010. The van der Waals surface area contributed by atoms with Crippen LogP contribution in [0.3, 0.4) is 0 Å². The Morgan fingerprint density at radius 3 is 2.68 bits per heavy atom. The number of benzene rings is 2. The smallest absolute Gasteiger partial charge is 0.343 e. The highest BCUT2D eigenvalue weighted by atomic mass is 35.5. The Morgan fingerprint density at radius 2 is 1.96 bits per heavy atom. The molecule has 142 valence electrons. The van der Waals surface area contributed by atoms with E-state index in [4.69, 9.17) is 16.3 Å². The maximum absolute atomic E-state index is 12.5. The fourth-order valence-corrected chi connectivity index (χ4v) is 2.73. The number of carbonyl (C=O) groups is 2. The molecule has 1 N–H and O–H groups in total. The van der Waals surface area contributed by atoms with Crippen molar-refractivity contribution in [3.63, 3.8) is 0 Å². The zero-order valence-corrected chi connectivity index (χ0v) is 15.9. The maximum Gasteiger partial charge on any atom is 0.343 e. The number of esters is 1. The molecule has 0 bridgehead atoms. The summed E-state index contributed by atoms with van der Waals surface area (Å²) in [6, 6.07) is 16.3. The average Bonchev–Trinajstić information content (AvgIpc) is 3.11. The SMILES string of the molecule is CCOC(=O)c1cnn(-c2ccccc2)c1NC(=O)/C=C/c1cccc(Cl)c1. The number of nitrogens with one attached hydrogen (secondary N) is 1. The van der Waals surface area contributed by atoms with E-state index >= 15 is 0 Å². The molecule has 7 heteroatoms. The Kier molecular flexibility index (Phi) is 6.24. The summed E-state index contributed by atoms with van der Waals surface area (Å²) < 4.78 is 6.55. The fraction of sp³-hybridized carbons (Fsp3) is 0.0952. The Balaban J connectivity index is 1.89. The number of anilines is 1. The quantitative estimate of drug-likeness (QED) is 0.497. The lowest BCUT2D eigenvalue weighted by atomic mass is 10.2. The van der Waals surface area contributed by atoms with Crippen LogP contribution in [0.2, 0.25) is 5.02 Å². The number of carbonyl (C=O) groups excluding carboxylic acids is 2. The molecule has 6 nitrogen and oxygen atoms in total. The molecule has 0 atom stereocenters. The lowest BCUT2D eigenvalue weighted by Gasteiger charge is -2.10. The van der Waals surface area contributed by atoms with Crippen LogP contribution in [0.5, 0.6) is 0 Å². The zero-order valence-electron chi connectivity index (χ0n) is 15.1. The summed E-state index contributed by atoms with van der Waals surface area (Å²) >= 11 is 5.95. The molecule has 0 aliphatic carbocycles. The van der Waals surface area contributed by atoms with Crippen molar-refractivity contribution in [1.29, 1.82) is 0 Å². The minimum Gasteiger partial charge on any atom is -0.462 e. The van der Waals surface area contributed by atoms with Gasteiger partial charge in [-0.3, -0.25) is 4.79 Å². The molecule has 0 saturated heterocycles. The van der Waals surface area contributed by atoms with Crippen LogP contribution in [0, 0.1) is 0 Å². The van der Waals surface area contributed by atoms with E-state index in [0.717, 1.165) is 5.56 Å². The number of para-hydroxylation sites is 1. The first-order valence-corrected chi connectivity index (χ1v) is 9.01. The van der Waals surface area contributed by atoms with Gasteiger partial charge in [0.05, 0.1) is 18.5 Å². The number of aromatic nitrogens is 2. The average molecular weight is 396 g/mol. The van der Waals surface area contributed by atoms with E-state index in [1.54, 1.807) is 31.2 Å². The van der Waals surface area contributed by atoms with E-state index < -0.39 is 11.9 Å². The van der Waals surface area contributed by atoms with Crippen LogP contribution in [-0.2, 0) is 9.53 Å². The van der Waals surface area contributed by atoms with Gasteiger partial charge in [-0.25, -0.2) is 9.48 Å². The van der Waals surface area contributed by atoms with Crippen LogP contribution in [0.15, 0.2) is 66.9 Å². The molecule has 1 aromatic heterocycles. The third-order valence-corrected chi connectivity index (χ3v) is 4.02. The van der Waals surface area contributed by atoms with Crippen molar-refractivity contribution in [3.8, 4) is 5.69 Å². The summed E-state index contributed by atoms with van der Waals surface area (Å²) in [5.74, 6) is -0.729. The number of rotatable bonds is 6. The molecule has 1 amide bonds. The third kappa shape index (κ3) is 4.66. The van der Waals surface area contributed by atoms with Gasteiger partial charge in [0.25, 0.3) is 0 Å². The van der Waals surface area contributed by atoms with E-state index in [2.05, 4.69) is 10.4 Å². The van der Waals surface area contributed by atoms with Gasteiger partial charge >= 0.3 is 5.97 Å². The lowest BCUT2D eigenvalue weighted by molar-refractivity contribution is -0.111. The molecular formula is C21H18ClN3O3. The Morgan fingerprint density at radius 1 is 1.18 bits per heavy atom. The van der Waals surface area contributed by atoms with E-state index in [-0.39, 0.29) is 18.0 Å². The number of hydrogen-bond acceptors (Lipinski definition) is 4. The minimum absolute atomic E-state index is 0.176. The largest absolute Gasteiger partial charge is 0.462 e. The molecule has 0 fully saturated rings. The number of amides is 1. The number of halogens is 1. The first-order chi connectivity index (χ1) is 13.6. The molecule has 2 aromatic carbocycles. The topological polar surface area (TPSA) is 73.2 Å². The Hall–Kier alpha value is -3.38. The zero-order chi connectivity index (χ0) is 19.9. The van der Waals surface area contributed by atoms with Gasteiger partial charge in [-0.2, -0.15) is 5.10 Å². The molecule has 0 aliphatic rings. The molecule has 3 aromatic rings. The highest BCUT2D eigenvalue weighted by Crippen LogP contribution is 2.21. The van der Waals surface area contributed by atoms with Gasteiger partial charge in [-0.1, -0.05) is 41.9 Å². The molecule has 28 heavy (non-hydrogen) atoms. The van der Waals surface area contributed by atoms with Crippen LogP contribution < -0.4 is 5.32 Å². The van der Waals surface area contributed by atoms with Crippen molar-refractivity contribution >= 4 is 35.4 Å². The summed E-state index contributed by atoms with van der Waals surface area (Å²) in [6.45, 7) is 1.93. The van der Waals surface area contributed by atoms with E-state index in [0.29, 0.717) is 10.7 Å². The van der Waals surface area contributed by atoms with Gasteiger partial charge in [-0.15, -0.1) is 0 Å². The molecule has 0 unspecified atom stereocenters. The number of ether oxygens (including phenoxy) is 1. The van der Waals surface area contributed by atoms with E-state index in [1.807, 2.05) is 36.4 Å². The van der Waals surface area contributed by atoms with Gasteiger partial charge in [0.2, 0.25) is 5.91 Å². The predicted octanol–water partition coefficient (Wildman–Crippen LogP) is 4.35. The summed E-state index contributed by atoms with van der Waals surface area (Å²) in [6.07, 6.45) is 4.37. The van der Waals surface area contributed by atoms with E-state index in [1.165, 1.54) is 17.0 Å². The van der Waals surface area contributed by atoms with Crippen molar-refractivity contribution in [1.82, 2.24) is 9.78 Å². The summed E-state index contributed by atoms with van der Waals surface area (Å²) in [4.78, 5) is 24.7. The molecule has 0 radical (unpaired) electrons. The lowest BCUT2D eigenvalue weighted by Crippen LogP contribution is -2.16. The second-order valence-corrected chi connectivity index (χ2v) is 6.19. The van der Waals surface area contributed by atoms with Crippen molar-refractivity contribution in [2.24, 2.45) is 0 Å². The third-order valence-electron chi connectivity index (χ3n) is 3.78. The highest BCUT2D eigenvalue weighted by Gasteiger charge is 2.20.